The van der Waals surface area contributed by atoms with Crippen LogP contribution in [-0.2, 0) is 40.3 Å². The number of carbonyl (C=O) groups excluding carboxylic acids is 4. The highest BCUT2D eigenvalue weighted by Crippen LogP contribution is 2.42. The molecule has 2 atom stereocenters. The van der Waals surface area contributed by atoms with Gasteiger partial charge in [0.05, 0.1) is 34.5 Å². The molecule has 0 unspecified atom stereocenters. The van der Waals surface area contributed by atoms with Gasteiger partial charge in [0.15, 0.2) is 0 Å². The summed E-state index contributed by atoms with van der Waals surface area (Å²) >= 11 is 0. The second-order valence-corrected chi connectivity index (χ2v) is 14.7. The molecule has 0 bridgehead atoms. The Morgan fingerprint density at radius 3 is 1.84 bits per heavy atom. The number of rotatable bonds is 14. The van der Waals surface area contributed by atoms with Crippen LogP contribution in [0.25, 0.3) is 22.1 Å². The third kappa shape index (κ3) is 7.37. The van der Waals surface area contributed by atoms with Crippen molar-refractivity contribution in [2.24, 2.45) is 47.4 Å². The number of benzene rings is 2. The maximum Gasteiger partial charge on any atom is 0.298 e. The minimum Gasteiger partial charge on any atom is -0.491 e. The van der Waals surface area contributed by atoms with Crippen molar-refractivity contribution in [1.82, 2.24) is 37.8 Å². The van der Waals surface area contributed by atoms with Gasteiger partial charge in [0.2, 0.25) is 23.1 Å². The van der Waals surface area contributed by atoms with E-state index < -0.39 is 23.6 Å². The summed E-state index contributed by atoms with van der Waals surface area (Å²) in [5.74, 6) is -1.62. The number of aryl methyl sites for hydroxylation is 6. The molecule has 304 valence electrons. The second kappa shape index (κ2) is 15.8. The Balaban J connectivity index is 1.33. The highest BCUT2D eigenvalue weighted by atomic mass is 16.5. The van der Waals surface area contributed by atoms with E-state index in [0.717, 1.165) is 11.9 Å². The fourth-order valence-electron chi connectivity index (χ4n) is 7.64. The number of hydrogen-bond donors (Lipinski definition) is 3. The van der Waals surface area contributed by atoms with E-state index in [1.165, 1.54) is 0 Å². The lowest BCUT2D eigenvalue weighted by Crippen LogP contribution is -2.28. The number of carbonyl (C=O) groups is 4. The zero-order valence-electron chi connectivity index (χ0n) is 33.5. The summed E-state index contributed by atoms with van der Waals surface area (Å²) in [4.78, 5) is 61.5. The number of ether oxygens (including phenoxy) is 1. The summed E-state index contributed by atoms with van der Waals surface area (Å²) in [6, 6.07) is 11.8. The lowest BCUT2D eigenvalue weighted by molar-refractivity contribution is 0.0977. The molecule has 18 nitrogen and oxygen atoms in total. The van der Waals surface area contributed by atoms with Crippen molar-refractivity contribution in [3.05, 3.63) is 87.6 Å². The molecule has 1 saturated carbocycles. The van der Waals surface area contributed by atoms with Gasteiger partial charge in [0.1, 0.15) is 22.7 Å². The third-order valence-electron chi connectivity index (χ3n) is 10.7. The molecule has 0 saturated heterocycles. The molecular formula is C40H48N12O6. The van der Waals surface area contributed by atoms with E-state index in [0.29, 0.717) is 94.5 Å². The Bertz CT molecular complexity index is 2770. The quantitative estimate of drug-likeness (QED) is 0.138. The van der Waals surface area contributed by atoms with Gasteiger partial charge in [-0.05, 0) is 88.4 Å². The molecule has 58 heavy (non-hydrogen) atoms. The molecule has 2 aromatic carbocycles. The minimum atomic E-state index is -0.648. The number of aliphatic hydroxyl groups is 1. The first-order valence-electron chi connectivity index (χ1n) is 19.3. The van der Waals surface area contributed by atoms with Crippen molar-refractivity contribution in [3.8, 4) is 5.75 Å². The van der Waals surface area contributed by atoms with Gasteiger partial charge in [-0.3, -0.25) is 28.5 Å². The summed E-state index contributed by atoms with van der Waals surface area (Å²) in [6.07, 6.45) is 1.14. The van der Waals surface area contributed by atoms with Gasteiger partial charge >= 0.3 is 0 Å². The van der Waals surface area contributed by atoms with Crippen LogP contribution in [0.15, 0.2) is 52.4 Å². The summed E-state index contributed by atoms with van der Waals surface area (Å²) in [6.45, 7) is 9.40. The van der Waals surface area contributed by atoms with E-state index in [-0.39, 0.29) is 30.6 Å². The molecule has 0 radical (unpaired) electrons. The zero-order chi connectivity index (χ0) is 41.6. The Kier molecular flexibility index (Phi) is 10.8. The number of nitrogens with two attached hydrogens (primary N) is 2. The van der Waals surface area contributed by atoms with Gasteiger partial charge in [-0.1, -0.05) is 0 Å². The van der Waals surface area contributed by atoms with Crippen LogP contribution < -0.4 is 27.4 Å². The third-order valence-corrected chi connectivity index (χ3v) is 10.7. The summed E-state index contributed by atoms with van der Waals surface area (Å²) in [5, 5.41) is 18.4. The molecule has 1 aliphatic rings. The fraction of sp³-hybridized carbons (Fsp3) is 0.400. The van der Waals surface area contributed by atoms with Crippen LogP contribution in [0, 0.1) is 25.7 Å². The Labute approximate surface area is 332 Å². The highest BCUT2D eigenvalue weighted by molar-refractivity contribution is 5.99. The molecule has 1 aliphatic carbocycles. The topological polar surface area (TPSA) is 230 Å². The van der Waals surface area contributed by atoms with Crippen LogP contribution in [0.1, 0.15) is 79.8 Å². The smallest absolute Gasteiger partial charge is 0.298 e. The van der Waals surface area contributed by atoms with Crippen molar-refractivity contribution in [3.63, 3.8) is 0 Å². The molecule has 7 rings (SSSR count). The molecule has 4 heterocycles. The Hall–Kier alpha value is -6.56. The average Bonchev–Trinajstić information content (AvgIpc) is 3.39. The van der Waals surface area contributed by atoms with Crippen LogP contribution in [0.5, 0.6) is 5.75 Å². The van der Waals surface area contributed by atoms with E-state index >= 15 is 0 Å². The van der Waals surface area contributed by atoms with Gasteiger partial charge in [0.25, 0.3) is 11.8 Å². The molecule has 4 amide bonds. The average molecular weight is 793 g/mol. The van der Waals surface area contributed by atoms with Crippen molar-refractivity contribution in [2.75, 3.05) is 13.2 Å². The first-order chi connectivity index (χ1) is 27.7. The zero-order valence-corrected chi connectivity index (χ0v) is 33.5. The predicted molar refractivity (Wildman–Crippen MR) is 213 cm³/mol. The highest BCUT2D eigenvalue weighted by Gasteiger charge is 2.39. The molecular weight excluding hydrogens is 745 g/mol. The Morgan fingerprint density at radius 2 is 1.29 bits per heavy atom. The van der Waals surface area contributed by atoms with E-state index in [9.17, 15) is 24.3 Å². The van der Waals surface area contributed by atoms with Crippen molar-refractivity contribution >= 4 is 45.7 Å². The second-order valence-electron chi connectivity index (χ2n) is 14.7. The monoisotopic (exact) mass is 792 g/mol. The van der Waals surface area contributed by atoms with Gasteiger partial charge in [-0.15, -0.1) is 0 Å². The standard InChI is InChI=1S/C40H48N12O6/c1-7-51-31(14-22(3)45-51)37(56)43-39-47(5)29-17-24(35(41)54)10-11-28(29)49(39)20-26-16-27(26)21-50-34-30(18-25(36(42)55)19-33(34)58-13-9-12-53)48(6)40(50)44-38(57)32-15-23(4)46-52(32)8-2/h10-11,14-15,17-19,26-27,53H,7-9,12-13,16,20-21H2,1-6H3,(H2,41,54)(H2,42,55)/t26-,27-/m1/s1. The van der Waals surface area contributed by atoms with Crippen molar-refractivity contribution in [1.29, 1.82) is 0 Å². The first-order valence-corrected chi connectivity index (χ1v) is 19.3. The lowest BCUT2D eigenvalue weighted by atomic mass is 10.1. The van der Waals surface area contributed by atoms with Gasteiger partial charge in [-0.2, -0.15) is 20.2 Å². The van der Waals surface area contributed by atoms with E-state index in [1.807, 2.05) is 42.9 Å². The molecule has 1 fully saturated rings. The van der Waals surface area contributed by atoms with E-state index in [2.05, 4.69) is 20.2 Å². The fourth-order valence-corrected chi connectivity index (χ4v) is 7.64. The molecule has 0 spiro atoms. The van der Waals surface area contributed by atoms with Crippen molar-refractivity contribution < 1.29 is 29.0 Å². The number of aromatic nitrogens is 8. The van der Waals surface area contributed by atoms with Crippen molar-refractivity contribution in [2.45, 2.75) is 66.7 Å². The first kappa shape index (κ1) is 39.7. The van der Waals surface area contributed by atoms with Gasteiger partial charge < -0.3 is 39.6 Å². The van der Waals surface area contributed by atoms with Gasteiger partial charge in [-0.25, -0.2) is 0 Å². The Morgan fingerprint density at radius 1 is 0.759 bits per heavy atom. The number of fused-ring (bicyclic) bond motifs is 2. The van der Waals surface area contributed by atoms with Crippen LogP contribution in [-0.4, -0.2) is 79.8 Å². The number of imidazole rings is 2. The molecule has 0 aliphatic heterocycles. The number of aliphatic hydroxyl groups excluding tert-OH is 1. The molecule has 5 N–H and O–H groups in total. The predicted octanol–water partition coefficient (Wildman–Crippen LogP) is 2.10. The summed E-state index contributed by atoms with van der Waals surface area (Å²) in [5.41, 5.74) is 17.4. The number of primary amides is 2. The number of nitrogens with zero attached hydrogens (tertiary/aromatic N) is 10. The van der Waals surface area contributed by atoms with E-state index in [1.54, 1.807) is 69.0 Å². The van der Waals surface area contributed by atoms with Gasteiger partial charge in [0, 0.05) is 64.4 Å². The SMILES string of the molecule is CCn1nc(C)cc1C(=O)N=c1n(C)c2cc(C(N)=O)ccc2n1C[C@H]1C[C@@H]1Cn1c(=NC(=O)c2cc(C)nn2CC)n(C)c2cc(C(N)=O)cc(OCCCO)c21. The normalized spacial score (nSPS) is 15.8. The lowest BCUT2D eigenvalue weighted by Gasteiger charge is -2.12. The number of hydrogen-bond acceptors (Lipinski definition) is 8. The largest absolute Gasteiger partial charge is 0.491 e. The van der Waals surface area contributed by atoms with Crippen LogP contribution in [0.3, 0.4) is 0 Å². The van der Waals surface area contributed by atoms with Crippen LogP contribution in [0.4, 0.5) is 0 Å². The molecule has 4 aromatic heterocycles. The van der Waals surface area contributed by atoms with E-state index in [4.69, 9.17) is 16.2 Å². The summed E-state index contributed by atoms with van der Waals surface area (Å²) < 4.78 is 16.9. The minimum absolute atomic E-state index is 0.0737. The molecule has 6 aromatic rings. The maximum absolute atomic E-state index is 13.9. The molecule has 18 heteroatoms. The summed E-state index contributed by atoms with van der Waals surface area (Å²) in [7, 11) is 3.56. The van der Waals surface area contributed by atoms with Crippen LogP contribution in [0.2, 0.25) is 0 Å². The number of amides is 4. The maximum atomic E-state index is 13.9. The van der Waals surface area contributed by atoms with Crippen LogP contribution >= 0.6 is 0 Å².